The molecule has 0 aromatic carbocycles. The first-order valence-electron chi connectivity index (χ1n) is 36.1. The average Bonchev–Trinajstić information content (AvgIpc) is 0.750. The number of carboxylic acid groups (broad SMARTS) is 4. The van der Waals surface area contributed by atoms with Crippen LogP contribution in [-0.4, -0.2) is 469 Å². The summed E-state index contributed by atoms with van der Waals surface area (Å²) in [5.41, 5.74) is 0. The highest BCUT2D eigenvalue weighted by Crippen LogP contribution is 2.44. The van der Waals surface area contributed by atoms with Gasteiger partial charge in [0.15, 0.2) is 18.9 Å². The number of hydrogen-bond acceptors (Lipinski definition) is 44. The van der Waals surface area contributed by atoms with Gasteiger partial charge in [0.05, 0.1) is 94.8 Å². The molecule has 7 aliphatic rings. The molecule has 53 heteroatoms. The summed E-state index contributed by atoms with van der Waals surface area (Å²) in [7, 11) is 0. The van der Waals surface area contributed by atoms with Crippen molar-refractivity contribution in [3.63, 3.8) is 0 Å². The maximum atomic E-state index is 14.3. The third kappa shape index (κ3) is 21.7. The molecule has 0 radical (unpaired) electrons. The van der Waals surface area contributed by atoms with Gasteiger partial charge in [-0.15, -0.1) is 0 Å². The number of ether oxygens (including phenoxy) is 13. The highest BCUT2D eigenvalue weighted by Gasteiger charge is 2.66. The molecule has 39 atom stereocenters. The summed E-state index contributed by atoms with van der Waals surface area (Å²) in [4.78, 5) is 118. The molecule has 0 unspecified atom stereocenters. The normalized spacial score (nSPS) is 41.4. The minimum Gasteiger partial charge on any atom is -0.477 e. The number of carbonyl (C=O) groups is 9. The van der Waals surface area contributed by atoms with Gasteiger partial charge >= 0.3 is 23.9 Å². The van der Waals surface area contributed by atoms with Crippen LogP contribution in [0.25, 0.3) is 0 Å². The van der Waals surface area contributed by atoms with Crippen LogP contribution in [0.2, 0.25) is 0 Å². The van der Waals surface area contributed by atoms with E-state index < -0.39 is 362 Å². The quantitative estimate of drug-likeness (QED) is 0.0277. The number of carbonyl (C=O) groups excluding carboxylic acids is 5. The summed E-state index contributed by atoms with van der Waals surface area (Å²) in [6.45, 7) is -5.69. The van der Waals surface area contributed by atoms with E-state index in [0.29, 0.717) is 0 Å². The first kappa shape index (κ1) is 97.9. The Balaban J connectivity index is 1.30. The van der Waals surface area contributed by atoms with E-state index in [2.05, 4.69) is 26.6 Å². The summed E-state index contributed by atoms with van der Waals surface area (Å²) < 4.78 is 75.3. The number of amides is 5. The summed E-state index contributed by atoms with van der Waals surface area (Å²) in [6.07, 6.45) is -78.7. The van der Waals surface area contributed by atoms with Gasteiger partial charge in [-0.25, -0.2) is 19.2 Å². The molecule has 0 spiro atoms. The molecule has 672 valence electrons. The molecule has 5 amide bonds. The van der Waals surface area contributed by atoms with Crippen LogP contribution in [-0.2, 0) is 105 Å². The summed E-state index contributed by atoms with van der Waals surface area (Å²) in [6, 6.07) is -10.2. The van der Waals surface area contributed by atoms with Crippen molar-refractivity contribution in [2.75, 3.05) is 46.2 Å². The Morgan fingerprint density at radius 2 is 0.701 bits per heavy atom. The Morgan fingerprint density at radius 3 is 1.07 bits per heavy atom. The molecule has 31 N–H and O–H groups in total. The molecular formula is C64H103N5O48. The third-order valence-corrected chi connectivity index (χ3v) is 20.5. The van der Waals surface area contributed by atoms with Crippen LogP contribution in [0, 0.1) is 0 Å². The van der Waals surface area contributed by atoms with Crippen molar-refractivity contribution in [1.82, 2.24) is 26.6 Å². The van der Waals surface area contributed by atoms with Crippen LogP contribution in [0.3, 0.4) is 0 Å². The Labute approximate surface area is 659 Å². The molecule has 7 aliphatic heterocycles. The molecule has 7 rings (SSSR count). The zero-order valence-corrected chi connectivity index (χ0v) is 62.6. The molecular weight excluding hydrogens is 1610 g/mol. The lowest BCUT2D eigenvalue weighted by molar-refractivity contribution is -0.402. The van der Waals surface area contributed by atoms with Crippen LogP contribution in [0.1, 0.15) is 60.3 Å². The SMILES string of the molecule is CC(=O)N[C@H]1[C@H](O[C@@H]2[C@H](O[C@]3(C(=O)O)C[C@H](O)[C@@H](NC(C)=O)[C@H]([C@H](O)[C@@H](CO)O[C@]4(C(=O)O)C[C@H](O)[C@@H](NC(C)=O)[C@H]([C@H](O)[C@@H](CO)O[C@]5(C(=O)O)C[C@H](O)[C@@H](NC(C)=O)[C@H]([C@H](O)[C@H](O)CO)O5)O4)O3)[C@@H](O)[C@H](O[C@H]3[C@H](O)[C@@H](O)[C@H](O)O[C@@H]3CO)O[C@@H]2CO)O[C@H](CO[C@]2(C(=O)O)C[C@H](O)[C@@H](NC(C)=O)[C@H]([C@H](O)[C@H](O)CO)O2)[C@H](O)[C@@H]1O. The molecule has 0 bridgehead atoms. The fourth-order valence-corrected chi connectivity index (χ4v) is 14.7. The minimum absolute atomic E-state index is 0.769. The van der Waals surface area contributed by atoms with Crippen molar-refractivity contribution < 1.29 is 237 Å². The van der Waals surface area contributed by atoms with Gasteiger partial charge in [-0.1, -0.05) is 0 Å². The standard InChI is InChI=1S/C64H103N5O48/c1-17(76)65-33-22(81)6-61(57(97)98,113-49(33)38(87)26(85)10-70)105-16-32-40(89)43(92)37(69-21(5)80)55(108-32)110-48-31(15-75)107-56(109-47-30(14-74)106-54(96)45(94)44(47)93)46(95)53(48)117-64(60(103)104)9-25(84)36(68-20(4)79)52(116-64)42(91)29(13-73)112-63(59(101)102)8-24(83)35(67-19(3)78)51(115-63)41(90)28(12-72)111-62(58(99)100)7-23(82)34(66-18(2)77)50(114-62)39(88)27(86)11-71/h22-56,70-75,81-96H,6-16H2,1-5H3,(H,65,76)(H,66,77)(H,67,78)(H,68,79)(H,69,80)(H,97,98)(H,99,100)(H,101,102)(H,103,104)/t22-,23-,24-,25-,26+,27+,28+,29+,30+,31+,32+,33+,34+,35+,36+,37+,38+,39+,40-,41+,42+,43+,44+,45+,46+,47+,48-,49+,50+,51+,52+,53+,54+,55-,56-,61+,62+,63+,64-/m0/s1. The molecule has 0 aromatic heterocycles. The largest absolute Gasteiger partial charge is 0.477 e. The molecule has 0 saturated carbocycles. The number of rotatable bonds is 36. The van der Waals surface area contributed by atoms with Gasteiger partial charge in [-0.05, 0) is 0 Å². The second-order valence-electron chi connectivity index (χ2n) is 29.0. The number of nitrogens with one attached hydrogen (secondary N) is 5. The molecule has 7 saturated heterocycles. The number of aliphatic hydroxyl groups excluding tert-OH is 22. The Hall–Kier alpha value is -6.17. The summed E-state index contributed by atoms with van der Waals surface area (Å²) >= 11 is 0. The van der Waals surface area contributed by atoms with Crippen molar-refractivity contribution >= 4 is 53.4 Å². The van der Waals surface area contributed by atoms with Crippen LogP contribution in [0.15, 0.2) is 0 Å². The fraction of sp³-hybridized carbons (Fsp3) is 0.859. The van der Waals surface area contributed by atoms with Gasteiger partial charge < -0.3 is 221 Å². The first-order chi connectivity index (χ1) is 54.6. The van der Waals surface area contributed by atoms with Crippen molar-refractivity contribution in [3.8, 4) is 0 Å². The van der Waals surface area contributed by atoms with Crippen LogP contribution < -0.4 is 26.6 Å². The maximum absolute atomic E-state index is 14.3. The van der Waals surface area contributed by atoms with Gasteiger partial charge in [-0.2, -0.15) is 0 Å². The highest BCUT2D eigenvalue weighted by molar-refractivity contribution is 5.79. The fourth-order valence-electron chi connectivity index (χ4n) is 14.7. The summed E-state index contributed by atoms with van der Waals surface area (Å²) in [5, 5.41) is 300. The van der Waals surface area contributed by atoms with E-state index >= 15 is 0 Å². The van der Waals surface area contributed by atoms with Crippen molar-refractivity contribution in [2.45, 2.75) is 297 Å². The monoisotopic (exact) mass is 1710 g/mol. The van der Waals surface area contributed by atoms with Crippen molar-refractivity contribution in [3.05, 3.63) is 0 Å². The predicted molar refractivity (Wildman–Crippen MR) is 359 cm³/mol. The zero-order chi connectivity index (χ0) is 87.9. The van der Waals surface area contributed by atoms with Gasteiger partial charge in [0, 0.05) is 60.3 Å². The van der Waals surface area contributed by atoms with Crippen LogP contribution in [0.4, 0.5) is 0 Å². The van der Waals surface area contributed by atoms with E-state index in [0.717, 1.165) is 34.6 Å². The van der Waals surface area contributed by atoms with Gasteiger partial charge in [0.2, 0.25) is 29.5 Å². The second-order valence-corrected chi connectivity index (χ2v) is 29.0. The molecule has 7 heterocycles. The van der Waals surface area contributed by atoms with E-state index in [1.165, 1.54) is 0 Å². The number of aliphatic carboxylic acids is 4. The topological polar surface area (TPSA) is 860 Å². The number of carboxylic acids is 4. The first-order valence-corrected chi connectivity index (χ1v) is 36.1. The smallest absolute Gasteiger partial charge is 0.364 e. The average molecular weight is 1710 g/mol. The Morgan fingerprint density at radius 1 is 0.368 bits per heavy atom. The van der Waals surface area contributed by atoms with Crippen molar-refractivity contribution in [1.29, 1.82) is 0 Å². The predicted octanol–water partition coefficient (Wildman–Crippen LogP) is -18.7. The van der Waals surface area contributed by atoms with E-state index in [1.807, 2.05) is 0 Å². The lowest BCUT2D eigenvalue weighted by Crippen LogP contribution is -2.72. The third-order valence-electron chi connectivity index (χ3n) is 20.5. The van der Waals surface area contributed by atoms with E-state index in [-0.39, 0.29) is 0 Å². The Bertz CT molecular complexity index is 3380. The Kier molecular flexibility index (Phi) is 34.1. The van der Waals surface area contributed by atoms with E-state index in [1.54, 1.807) is 0 Å². The lowest BCUT2D eigenvalue weighted by Gasteiger charge is -2.53. The molecule has 117 heavy (non-hydrogen) atoms. The molecule has 7 fully saturated rings. The van der Waals surface area contributed by atoms with Gasteiger partial charge in [0.25, 0.3) is 23.1 Å². The number of hydrogen-bond donors (Lipinski definition) is 31. The van der Waals surface area contributed by atoms with Crippen LogP contribution >= 0.6 is 0 Å². The molecule has 0 aromatic rings. The highest BCUT2D eigenvalue weighted by atomic mass is 16.8. The maximum Gasteiger partial charge on any atom is 0.364 e. The lowest BCUT2D eigenvalue weighted by atomic mass is 9.86. The zero-order valence-electron chi connectivity index (χ0n) is 62.6. The van der Waals surface area contributed by atoms with E-state index in [4.69, 9.17) is 61.6 Å². The minimum atomic E-state index is -3.84. The van der Waals surface area contributed by atoms with Gasteiger partial charge in [0.1, 0.15) is 146 Å². The van der Waals surface area contributed by atoms with Crippen LogP contribution in [0.5, 0.6) is 0 Å². The van der Waals surface area contributed by atoms with Crippen molar-refractivity contribution in [2.24, 2.45) is 0 Å². The molecule has 53 nitrogen and oxygen atoms in total. The second kappa shape index (κ2) is 40.7. The van der Waals surface area contributed by atoms with Gasteiger partial charge in [-0.3, -0.25) is 24.0 Å². The summed E-state index contributed by atoms with van der Waals surface area (Å²) in [5.74, 6) is -28.7. The van der Waals surface area contributed by atoms with E-state index in [9.17, 15) is 176 Å². The number of aliphatic hydroxyl groups is 22. The molecule has 0 aliphatic carbocycles.